The third-order valence-electron chi connectivity index (χ3n) is 4.87. The van der Waals surface area contributed by atoms with E-state index in [9.17, 15) is 9.59 Å². The van der Waals surface area contributed by atoms with Crippen LogP contribution in [0.5, 0.6) is 0 Å². The molecule has 0 unspecified atom stereocenters. The van der Waals surface area contributed by atoms with Crippen LogP contribution in [0.2, 0.25) is 20.1 Å². The molecule has 0 aliphatic heterocycles. The normalized spacial score (nSPS) is 11.8. The van der Waals surface area contributed by atoms with Gasteiger partial charge in [0.05, 0.1) is 15.8 Å². The van der Waals surface area contributed by atoms with Crippen molar-refractivity contribution >= 4 is 70.0 Å². The molecule has 0 bridgehead atoms. The summed E-state index contributed by atoms with van der Waals surface area (Å²) in [4.78, 5) is 27.4. The second-order valence-electron chi connectivity index (χ2n) is 7.28. The van der Waals surface area contributed by atoms with Crippen molar-refractivity contribution in [3.05, 3.63) is 67.6 Å². The van der Waals surface area contributed by atoms with Crippen LogP contribution in [-0.4, -0.2) is 35.1 Å². The van der Waals surface area contributed by atoms with Gasteiger partial charge in [0.25, 0.3) is 0 Å². The van der Waals surface area contributed by atoms with Gasteiger partial charge in [-0.1, -0.05) is 71.9 Å². The Balaban J connectivity index is 2.11. The Morgan fingerprint density at radius 2 is 1.72 bits per heavy atom. The summed E-state index contributed by atoms with van der Waals surface area (Å²) in [6.07, 6.45) is 1.85. The number of hydrogen-bond donors (Lipinski definition) is 1. The summed E-state index contributed by atoms with van der Waals surface area (Å²) in [5.74, 6) is 0.392. The Bertz CT molecular complexity index is 922. The maximum absolute atomic E-state index is 13.1. The average molecular weight is 536 g/mol. The molecule has 1 N–H and O–H groups in total. The van der Waals surface area contributed by atoms with Crippen LogP contribution in [-0.2, 0) is 21.9 Å². The first-order valence-electron chi connectivity index (χ1n) is 10.3. The second-order valence-corrected chi connectivity index (χ2v) is 9.90. The van der Waals surface area contributed by atoms with Gasteiger partial charge in [0.2, 0.25) is 11.8 Å². The SMILES string of the molecule is CCCCNC(=O)[C@@H](C)N(Cc1c(Cl)cccc1Cl)C(=O)CSCc1ccc(Cl)c(Cl)c1. The summed E-state index contributed by atoms with van der Waals surface area (Å²) in [7, 11) is 0. The highest BCUT2D eigenvalue weighted by atomic mass is 35.5. The average Bonchev–Trinajstić information content (AvgIpc) is 2.75. The van der Waals surface area contributed by atoms with Crippen LogP contribution in [0.1, 0.15) is 37.8 Å². The van der Waals surface area contributed by atoms with Crippen molar-refractivity contribution in [2.24, 2.45) is 0 Å². The van der Waals surface area contributed by atoms with Crippen molar-refractivity contribution in [1.82, 2.24) is 10.2 Å². The molecule has 0 fully saturated rings. The van der Waals surface area contributed by atoms with Gasteiger partial charge in [0, 0.05) is 34.5 Å². The van der Waals surface area contributed by atoms with Crippen molar-refractivity contribution in [2.45, 2.75) is 45.0 Å². The quantitative estimate of drug-likeness (QED) is 0.319. The lowest BCUT2D eigenvalue weighted by Crippen LogP contribution is -2.48. The lowest BCUT2D eigenvalue weighted by Gasteiger charge is -2.29. The predicted octanol–water partition coefficient (Wildman–Crippen LogP) is 6.87. The zero-order valence-corrected chi connectivity index (χ0v) is 21.8. The van der Waals surface area contributed by atoms with Crippen LogP contribution in [0, 0.1) is 0 Å². The largest absolute Gasteiger partial charge is 0.354 e. The summed E-state index contributed by atoms with van der Waals surface area (Å²) in [6, 6.07) is 9.90. The fourth-order valence-corrected chi connectivity index (χ4v) is 4.64. The van der Waals surface area contributed by atoms with Crippen LogP contribution < -0.4 is 5.32 Å². The fraction of sp³-hybridized carbons (Fsp3) is 0.391. The first-order valence-corrected chi connectivity index (χ1v) is 12.9. The van der Waals surface area contributed by atoms with E-state index in [0.29, 0.717) is 38.0 Å². The number of thioether (sulfide) groups is 1. The highest BCUT2D eigenvalue weighted by Gasteiger charge is 2.27. The minimum atomic E-state index is -0.669. The molecule has 1 atom stereocenters. The van der Waals surface area contributed by atoms with Crippen LogP contribution in [0.4, 0.5) is 0 Å². The number of amides is 2. The van der Waals surface area contributed by atoms with Gasteiger partial charge in [-0.05, 0) is 43.2 Å². The van der Waals surface area contributed by atoms with E-state index in [-0.39, 0.29) is 24.1 Å². The van der Waals surface area contributed by atoms with Crippen molar-refractivity contribution in [3.63, 3.8) is 0 Å². The number of unbranched alkanes of at least 4 members (excludes halogenated alkanes) is 1. The molecule has 0 saturated carbocycles. The third kappa shape index (κ3) is 8.03. The molecule has 9 heteroatoms. The minimum absolute atomic E-state index is 0.146. The maximum Gasteiger partial charge on any atom is 0.242 e. The minimum Gasteiger partial charge on any atom is -0.354 e. The number of benzene rings is 2. The molecular formula is C23H26Cl4N2O2S. The van der Waals surface area contributed by atoms with Gasteiger partial charge in [-0.2, -0.15) is 0 Å². The van der Waals surface area contributed by atoms with Gasteiger partial charge in [0.1, 0.15) is 6.04 Å². The first kappa shape index (κ1) is 27.1. The van der Waals surface area contributed by atoms with Gasteiger partial charge in [-0.15, -0.1) is 11.8 Å². The van der Waals surface area contributed by atoms with Gasteiger partial charge in [0.15, 0.2) is 0 Å². The molecule has 0 radical (unpaired) electrons. The Morgan fingerprint density at radius 1 is 1.03 bits per heavy atom. The van der Waals surface area contributed by atoms with Crippen LogP contribution in [0.3, 0.4) is 0 Å². The van der Waals surface area contributed by atoms with Gasteiger partial charge >= 0.3 is 0 Å². The summed E-state index contributed by atoms with van der Waals surface area (Å²) >= 11 is 26.1. The number of nitrogens with one attached hydrogen (secondary N) is 1. The molecule has 0 saturated heterocycles. The summed E-state index contributed by atoms with van der Waals surface area (Å²) in [5.41, 5.74) is 1.58. The molecule has 32 heavy (non-hydrogen) atoms. The Morgan fingerprint density at radius 3 is 2.34 bits per heavy atom. The standard InChI is InChI=1S/C23H26Cl4N2O2S/c1-3-4-10-28-23(31)15(2)29(12-17-18(24)6-5-7-19(17)25)22(30)14-32-13-16-8-9-20(26)21(27)11-16/h5-9,11,15H,3-4,10,12-14H2,1-2H3,(H,28,31)/t15-/m1/s1. The molecule has 4 nitrogen and oxygen atoms in total. The van der Waals surface area contributed by atoms with Crippen molar-refractivity contribution in [3.8, 4) is 0 Å². The maximum atomic E-state index is 13.1. The smallest absolute Gasteiger partial charge is 0.242 e. The lowest BCUT2D eigenvalue weighted by atomic mass is 10.1. The molecule has 0 spiro atoms. The highest BCUT2D eigenvalue weighted by Crippen LogP contribution is 2.28. The van der Waals surface area contributed by atoms with E-state index in [0.717, 1.165) is 18.4 Å². The van der Waals surface area contributed by atoms with Crippen LogP contribution >= 0.6 is 58.2 Å². The molecule has 2 amide bonds. The Kier molecular flexibility index (Phi) is 11.5. The molecule has 0 aliphatic carbocycles. The predicted molar refractivity (Wildman–Crippen MR) is 137 cm³/mol. The zero-order valence-electron chi connectivity index (χ0n) is 18.0. The molecular weight excluding hydrogens is 510 g/mol. The molecule has 0 aromatic heterocycles. The van der Waals surface area contributed by atoms with E-state index in [1.54, 1.807) is 37.3 Å². The van der Waals surface area contributed by atoms with E-state index < -0.39 is 6.04 Å². The first-order chi connectivity index (χ1) is 15.2. The molecule has 0 aliphatic rings. The van der Waals surface area contributed by atoms with E-state index in [1.165, 1.54) is 16.7 Å². The monoisotopic (exact) mass is 534 g/mol. The number of carbonyl (C=O) groups is 2. The molecule has 2 rings (SSSR count). The van der Waals surface area contributed by atoms with Crippen molar-refractivity contribution in [1.29, 1.82) is 0 Å². The third-order valence-corrected chi connectivity index (χ3v) is 7.30. The summed E-state index contributed by atoms with van der Waals surface area (Å²) in [5, 5.41) is 4.77. The summed E-state index contributed by atoms with van der Waals surface area (Å²) < 4.78 is 0. The molecule has 0 heterocycles. The lowest BCUT2D eigenvalue weighted by molar-refractivity contribution is -0.138. The van der Waals surface area contributed by atoms with Crippen LogP contribution in [0.15, 0.2) is 36.4 Å². The van der Waals surface area contributed by atoms with E-state index in [2.05, 4.69) is 12.2 Å². The summed E-state index contributed by atoms with van der Waals surface area (Å²) in [6.45, 7) is 4.48. The fourth-order valence-electron chi connectivity index (χ4n) is 2.94. The molecule has 2 aromatic rings. The number of carbonyl (C=O) groups excluding carboxylic acids is 2. The molecule has 174 valence electrons. The second kappa shape index (κ2) is 13.6. The topological polar surface area (TPSA) is 49.4 Å². The van der Waals surface area contributed by atoms with Gasteiger partial charge < -0.3 is 10.2 Å². The van der Waals surface area contributed by atoms with E-state index in [1.807, 2.05) is 6.07 Å². The number of hydrogen-bond acceptors (Lipinski definition) is 3. The Hall–Kier alpha value is -1.11. The van der Waals surface area contributed by atoms with Gasteiger partial charge in [-0.25, -0.2) is 0 Å². The van der Waals surface area contributed by atoms with E-state index >= 15 is 0 Å². The zero-order chi connectivity index (χ0) is 23.7. The number of rotatable bonds is 11. The van der Waals surface area contributed by atoms with E-state index in [4.69, 9.17) is 46.4 Å². The highest BCUT2D eigenvalue weighted by molar-refractivity contribution is 7.99. The van der Waals surface area contributed by atoms with Crippen molar-refractivity contribution in [2.75, 3.05) is 12.3 Å². The van der Waals surface area contributed by atoms with Crippen LogP contribution in [0.25, 0.3) is 0 Å². The van der Waals surface area contributed by atoms with Crippen molar-refractivity contribution < 1.29 is 9.59 Å². The molecule has 2 aromatic carbocycles. The Labute approximate surface area is 213 Å². The number of nitrogens with zero attached hydrogens (tertiary/aromatic N) is 1. The van der Waals surface area contributed by atoms with Gasteiger partial charge in [-0.3, -0.25) is 9.59 Å². The number of halogens is 4.